The number of nitriles is 1. The summed E-state index contributed by atoms with van der Waals surface area (Å²) in [5.74, 6) is 0. The Bertz CT molecular complexity index is 338. The molecule has 0 aliphatic carbocycles. The van der Waals surface area contributed by atoms with Gasteiger partial charge in [-0.15, -0.1) is 0 Å². The van der Waals surface area contributed by atoms with Crippen molar-refractivity contribution in [3.05, 3.63) is 35.4 Å². The van der Waals surface area contributed by atoms with Gasteiger partial charge in [-0.25, -0.2) is 0 Å². The van der Waals surface area contributed by atoms with Crippen molar-refractivity contribution in [2.75, 3.05) is 6.54 Å². The lowest BCUT2D eigenvalue weighted by Gasteiger charge is -2.18. The predicted octanol–water partition coefficient (Wildman–Crippen LogP) is 2.69. The van der Waals surface area contributed by atoms with Crippen LogP contribution in [0.1, 0.15) is 31.9 Å². The summed E-state index contributed by atoms with van der Waals surface area (Å²) in [5, 5.41) is 12.0. The van der Waals surface area contributed by atoms with Crippen molar-refractivity contribution in [1.29, 1.82) is 5.26 Å². The summed E-state index contributed by atoms with van der Waals surface area (Å²) in [6.07, 6.45) is 0. The molecule has 0 aromatic heterocycles. The summed E-state index contributed by atoms with van der Waals surface area (Å²) in [5.41, 5.74) is 2.25. The van der Waals surface area contributed by atoms with Gasteiger partial charge in [-0.1, -0.05) is 32.9 Å². The van der Waals surface area contributed by atoms with Crippen molar-refractivity contribution in [1.82, 2.24) is 5.32 Å². The van der Waals surface area contributed by atoms with E-state index < -0.39 is 0 Å². The molecule has 0 saturated carbocycles. The normalized spacial score (nSPS) is 11.1. The number of hydrogen-bond acceptors (Lipinski definition) is 2. The quantitative estimate of drug-likeness (QED) is 0.818. The van der Waals surface area contributed by atoms with E-state index in [4.69, 9.17) is 5.26 Å². The Labute approximate surface area is 91.9 Å². The highest BCUT2D eigenvalue weighted by molar-refractivity contribution is 5.31. The summed E-state index contributed by atoms with van der Waals surface area (Å²) in [6, 6.07) is 9.81. The van der Waals surface area contributed by atoms with Crippen LogP contribution in [0.5, 0.6) is 0 Å². The van der Waals surface area contributed by atoms with Gasteiger partial charge in [-0.05, 0) is 23.1 Å². The number of nitrogens with zero attached hydrogens (tertiary/aromatic N) is 1. The summed E-state index contributed by atoms with van der Waals surface area (Å²) < 4.78 is 0. The molecule has 0 heterocycles. The molecule has 2 heteroatoms. The van der Waals surface area contributed by atoms with Gasteiger partial charge in [0.1, 0.15) is 0 Å². The van der Waals surface area contributed by atoms with Crippen molar-refractivity contribution in [3.63, 3.8) is 0 Å². The molecule has 0 amide bonds. The van der Waals surface area contributed by atoms with Crippen LogP contribution in [0.3, 0.4) is 0 Å². The second kappa shape index (κ2) is 4.95. The largest absolute Gasteiger partial charge is 0.312 e. The van der Waals surface area contributed by atoms with Gasteiger partial charge in [-0.2, -0.15) is 5.26 Å². The second-order valence-electron chi connectivity index (χ2n) is 4.97. The van der Waals surface area contributed by atoms with Crippen molar-refractivity contribution in [2.24, 2.45) is 5.41 Å². The summed E-state index contributed by atoms with van der Waals surface area (Å²) in [7, 11) is 0. The van der Waals surface area contributed by atoms with E-state index >= 15 is 0 Å². The van der Waals surface area contributed by atoms with Gasteiger partial charge in [0.05, 0.1) is 11.6 Å². The van der Waals surface area contributed by atoms with Gasteiger partial charge in [0.15, 0.2) is 0 Å². The van der Waals surface area contributed by atoms with Crippen LogP contribution in [0.25, 0.3) is 0 Å². The average molecular weight is 202 g/mol. The molecule has 1 aromatic carbocycles. The average Bonchev–Trinajstić information content (AvgIpc) is 2.17. The Kier molecular flexibility index (Phi) is 3.88. The number of hydrogen-bond donors (Lipinski definition) is 1. The highest BCUT2D eigenvalue weighted by atomic mass is 14.9. The predicted molar refractivity (Wildman–Crippen MR) is 62.3 cm³/mol. The van der Waals surface area contributed by atoms with E-state index in [0.29, 0.717) is 5.41 Å². The van der Waals surface area contributed by atoms with Gasteiger partial charge < -0.3 is 5.32 Å². The van der Waals surface area contributed by atoms with E-state index in [1.54, 1.807) is 0 Å². The van der Waals surface area contributed by atoms with Crippen LogP contribution in [0.4, 0.5) is 0 Å². The molecule has 0 fully saturated rings. The fraction of sp³-hybridized carbons (Fsp3) is 0.462. The number of nitrogens with one attached hydrogen (secondary N) is 1. The lowest BCUT2D eigenvalue weighted by molar-refractivity contribution is 0.379. The van der Waals surface area contributed by atoms with Crippen LogP contribution in [0.2, 0.25) is 0 Å². The Hall–Kier alpha value is -1.33. The maximum atomic E-state index is 8.65. The molecule has 0 saturated heterocycles. The van der Waals surface area contributed by atoms with Crippen LogP contribution < -0.4 is 5.32 Å². The zero-order valence-corrected chi connectivity index (χ0v) is 9.67. The molecule has 1 N–H and O–H groups in total. The van der Waals surface area contributed by atoms with Gasteiger partial charge in [0, 0.05) is 13.1 Å². The third-order valence-corrected chi connectivity index (χ3v) is 2.07. The summed E-state index contributed by atoms with van der Waals surface area (Å²) in [4.78, 5) is 0. The summed E-state index contributed by atoms with van der Waals surface area (Å²) in [6.45, 7) is 8.48. The molecule has 0 radical (unpaired) electrons. The zero-order valence-electron chi connectivity index (χ0n) is 9.67. The van der Waals surface area contributed by atoms with E-state index in [0.717, 1.165) is 18.7 Å². The van der Waals surface area contributed by atoms with E-state index in [1.165, 1.54) is 5.56 Å². The number of benzene rings is 1. The molecular formula is C13H18N2. The molecule has 1 aromatic rings. The maximum absolute atomic E-state index is 8.65. The smallest absolute Gasteiger partial charge is 0.0991 e. The van der Waals surface area contributed by atoms with Gasteiger partial charge in [0.2, 0.25) is 0 Å². The topological polar surface area (TPSA) is 35.8 Å². The minimum Gasteiger partial charge on any atom is -0.312 e. The minimum atomic E-state index is 0.312. The van der Waals surface area contributed by atoms with Gasteiger partial charge >= 0.3 is 0 Å². The van der Waals surface area contributed by atoms with E-state index in [9.17, 15) is 0 Å². The van der Waals surface area contributed by atoms with E-state index in [1.807, 2.05) is 24.3 Å². The monoisotopic (exact) mass is 202 g/mol. The molecule has 15 heavy (non-hydrogen) atoms. The molecule has 80 valence electrons. The van der Waals surface area contributed by atoms with Gasteiger partial charge in [0.25, 0.3) is 0 Å². The van der Waals surface area contributed by atoms with Crippen molar-refractivity contribution < 1.29 is 0 Å². The fourth-order valence-corrected chi connectivity index (χ4v) is 1.28. The van der Waals surface area contributed by atoms with Crippen LogP contribution in [0.15, 0.2) is 24.3 Å². The second-order valence-corrected chi connectivity index (χ2v) is 4.97. The molecule has 0 bridgehead atoms. The van der Waals surface area contributed by atoms with Crippen LogP contribution in [0, 0.1) is 16.7 Å². The molecule has 1 rings (SSSR count). The maximum Gasteiger partial charge on any atom is 0.0991 e. The third kappa shape index (κ3) is 4.62. The van der Waals surface area contributed by atoms with E-state index in [-0.39, 0.29) is 0 Å². The highest BCUT2D eigenvalue weighted by Gasteiger charge is 2.08. The minimum absolute atomic E-state index is 0.312. The van der Waals surface area contributed by atoms with Crippen molar-refractivity contribution in [2.45, 2.75) is 27.3 Å². The van der Waals surface area contributed by atoms with Gasteiger partial charge in [-0.3, -0.25) is 0 Å². The fourth-order valence-electron chi connectivity index (χ4n) is 1.28. The molecule has 0 aliphatic heterocycles. The van der Waals surface area contributed by atoms with Crippen LogP contribution >= 0.6 is 0 Å². The standard InChI is InChI=1S/C13H18N2/c1-13(2,3)10-15-9-12-6-4-11(8-14)5-7-12/h4-7,15H,9-10H2,1-3H3. The molecule has 0 aliphatic rings. The first-order valence-electron chi connectivity index (χ1n) is 5.21. The SMILES string of the molecule is CC(C)(C)CNCc1ccc(C#N)cc1. The number of rotatable bonds is 3. The first-order chi connectivity index (χ1) is 7.01. The Morgan fingerprint density at radius 2 is 1.80 bits per heavy atom. The summed E-state index contributed by atoms with van der Waals surface area (Å²) >= 11 is 0. The van der Waals surface area contributed by atoms with Crippen molar-refractivity contribution in [3.8, 4) is 6.07 Å². The Morgan fingerprint density at radius 1 is 1.20 bits per heavy atom. The molecule has 2 nitrogen and oxygen atoms in total. The third-order valence-electron chi connectivity index (χ3n) is 2.07. The Balaban J connectivity index is 2.42. The lowest BCUT2D eigenvalue weighted by atomic mass is 9.97. The Morgan fingerprint density at radius 3 is 2.27 bits per heavy atom. The first-order valence-corrected chi connectivity index (χ1v) is 5.21. The molecule has 0 spiro atoms. The lowest BCUT2D eigenvalue weighted by Crippen LogP contribution is -2.26. The highest BCUT2D eigenvalue weighted by Crippen LogP contribution is 2.11. The zero-order chi connectivity index (χ0) is 11.3. The van der Waals surface area contributed by atoms with Crippen LogP contribution in [-0.2, 0) is 6.54 Å². The van der Waals surface area contributed by atoms with E-state index in [2.05, 4.69) is 32.2 Å². The first kappa shape index (κ1) is 11.7. The van der Waals surface area contributed by atoms with Crippen molar-refractivity contribution >= 4 is 0 Å². The molecule has 0 atom stereocenters. The molecular weight excluding hydrogens is 184 g/mol. The molecule has 0 unspecified atom stereocenters. The van der Waals surface area contributed by atoms with Crippen LogP contribution in [-0.4, -0.2) is 6.54 Å².